The van der Waals surface area contributed by atoms with E-state index >= 15 is 0 Å². The molecule has 0 saturated heterocycles. The molecule has 0 atom stereocenters. The number of amides is 2. The number of nitrogens with one attached hydrogen (secondary N) is 2. The fraction of sp³-hybridized carbons (Fsp3) is 0.154. The third-order valence-electron chi connectivity index (χ3n) is 5.48. The van der Waals surface area contributed by atoms with Crippen LogP contribution in [0.15, 0.2) is 88.8 Å². The average molecular weight is 488 g/mol. The number of thioether (sulfide) groups is 1. The average Bonchev–Trinajstić information content (AvgIpc) is 3.10. The van der Waals surface area contributed by atoms with Gasteiger partial charge in [0.25, 0.3) is 11.5 Å². The Morgan fingerprint density at radius 3 is 2.49 bits per heavy atom. The summed E-state index contributed by atoms with van der Waals surface area (Å²) in [6.45, 7) is 2.14. The fourth-order valence-corrected chi connectivity index (χ4v) is 4.44. The van der Waals surface area contributed by atoms with E-state index in [0.717, 1.165) is 5.56 Å². The molecule has 2 N–H and O–H groups in total. The smallest absolute Gasteiger partial charge is 0.295 e. The lowest BCUT2D eigenvalue weighted by atomic mass is 10.2. The molecule has 8 nitrogen and oxygen atoms in total. The minimum absolute atomic E-state index is 0.0476. The van der Waals surface area contributed by atoms with Gasteiger partial charge in [-0.05, 0) is 42.8 Å². The molecule has 0 aliphatic carbocycles. The van der Waals surface area contributed by atoms with E-state index < -0.39 is 0 Å². The van der Waals surface area contributed by atoms with E-state index in [2.05, 4.69) is 15.6 Å². The number of hydrogen-bond acceptors (Lipinski definition) is 5. The van der Waals surface area contributed by atoms with Crippen LogP contribution in [-0.4, -0.2) is 31.9 Å². The van der Waals surface area contributed by atoms with Crippen LogP contribution >= 0.6 is 11.8 Å². The Bertz CT molecular complexity index is 1400. The molecule has 4 aromatic rings. The van der Waals surface area contributed by atoms with Gasteiger partial charge in [0.05, 0.1) is 22.7 Å². The van der Waals surface area contributed by atoms with Gasteiger partial charge in [0.15, 0.2) is 0 Å². The molecular formula is C26H25N5O3S. The summed E-state index contributed by atoms with van der Waals surface area (Å²) in [5, 5.41) is 5.64. The number of nitrogens with zero attached hydrogens (tertiary/aromatic N) is 3. The van der Waals surface area contributed by atoms with Crippen LogP contribution in [0.1, 0.15) is 21.6 Å². The van der Waals surface area contributed by atoms with E-state index in [0.29, 0.717) is 28.4 Å². The first-order chi connectivity index (χ1) is 17.0. The Hall–Kier alpha value is -4.11. The number of rotatable bonds is 8. The summed E-state index contributed by atoms with van der Waals surface area (Å²) in [5.41, 5.74) is 2.67. The van der Waals surface area contributed by atoms with Gasteiger partial charge in [-0.25, -0.2) is 4.68 Å². The quantitative estimate of drug-likeness (QED) is 0.371. The van der Waals surface area contributed by atoms with Crippen LogP contribution in [0.3, 0.4) is 0 Å². The van der Waals surface area contributed by atoms with Crippen molar-refractivity contribution in [2.75, 3.05) is 11.1 Å². The highest BCUT2D eigenvalue weighted by Gasteiger charge is 2.19. The number of carbonyl (C=O) groups is 2. The van der Waals surface area contributed by atoms with E-state index in [1.54, 1.807) is 49.2 Å². The third-order valence-corrected chi connectivity index (χ3v) is 6.56. The van der Waals surface area contributed by atoms with Crippen LogP contribution in [0.4, 0.5) is 5.69 Å². The largest absolute Gasteiger partial charge is 0.348 e. The summed E-state index contributed by atoms with van der Waals surface area (Å²) in [7, 11) is 1.77. The molecule has 0 unspecified atom stereocenters. The van der Waals surface area contributed by atoms with Crippen molar-refractivity contribution in [3.8, 4) is 5.69 Å². The Labute approximate surface area is 207 Å². The number of aromatic nitrogens is 3. The molecule has 178 valence electrons. The van der Waals surface area contributed by atoms with Crippen LogP contribution in [0.2, 0.25) is 0 Å². The predicted octanol–water partition coefficient (Wildman–Crippen LogP) is 3.54. The molecule has 0 fully saturated rings. The van der Waals surface area contributed by atoms with Crippen molar-refractivity contribution >= 4 is 29.3 Å². The second-order valence-electron chi connectivity index (χ2n) is 7.81. The Morgan fingerprint density at radius 1 is 1.00 bits per heavy atom. The first kappa shape index (κ1) is 24.0. The van der Waals surface area contributed by atoms with Gasteiger partial charge in [-0.15, -0.1) is 11.8 Å². The van der Waals surface area contributed by atoms with Crippen LogP contribution in [0, 0.1) is 6.92 Å². The van der Waals surface area contributed by atoms with E-state index in [1.165, 1.54) is 16.4 Å². The lowest BCUT2D eigenvalue weighted by Crippen LogP contribution is -2.24. The molecule has 35 heavy (non-hydrogen) atoms. The van der Waals surface area contributed by atoms with E-state index in [1.807, 2.05) is 48.5 Å². The van der Waals surface area contributed by atoms with Gasteiger partial charge in [-0.1, -0.05) is 36.4 Å². The molecule has 2 aromatic carbocycles. The second kappa shape index (κ2) is 10.9. The normalized spacial score (nSPS) is 10.7. The second-order valence-corrected chi connectivity index (χ2v) is 8.83. The fourth-order valence-electron chi connectivity index (χ4n) is 3.59. The van der Waals surface area contributed by atoms with Gasteiger partial charge in [0.2, 0.25) is 5.91 Å². The van der Waals surface area contributed by atoms with Crippen LogP contribution < -0.4 is 16.2 Å². The first-order valence-electron chi connectivity index (χ1n) is 11.0. The van der Waals surface area contributed by atoms with Crippen molar-refractivity contribution in [3.63, 3.8) is 0 Å². The molecule has 2 heterocycles. The molecule has 4 rings (SSSR count). The number of anilines is 1. The monoisotopic (exact) mass is 487 g/mol. The summed E-state index contributed by atoms with van der Waals surface area (Å²) in [6.07, 6.45) is 3.37. The van der Waals surface area contributed by atoms with Gasteiger partial charge in [-0.2, -0.15) is 0 Å². The Morgan fingerprint density at radius 2 is 1.74 bits per heavy atom. The lowest BCUT2D eigenvalue weighted by Gasteiger charge is -2.10. The zero-order valence-electron chi connectivity index (χ0n) is 19.4. The van der Waals surface area contributed by atoms with Gasteiger partial charge in [0, 0.05) is 30.9 Å². The van der Waals surface area contributed by atoms with Gasteiger partial charge in [0.1, 0.15) is 5.69 Å². The maximum absolute atomic E-state index is 13.0. The van der Waals surface area contributed by atoms with E-state index in [4.69, 9.17) is 0 Å². The third kappa shape index (κ3) is 5.52. The summed E-state index contributed by atoms with van der Waals surface area (Å²) in [4.78, 5) is 43.2. The van der Waals surface area contributed by atoms with Crippen LogP contribution in [0.5, 0.6) is 0 Å². The summed E-state index contributed by atoms with van der Waals surface area (Å²) >= 11 is 1.24. The number of hydrogen-bond donors (Lipinski definition) is 2. The minimum atomic E-state index is -0.327. The molecule has 0 saturated carbocycles. The molecule has 2 aromatic heterocycles. The van der Waals surface area contributed by atoms with E-state index in [-0.39, 0.29) is 28.8 Å². The molecule has 0 spiro atoms. The standard InChI is InChI=1S/C26H25N5O3S/c1-18-24(26(34)31(30(18)2)20-10-4-3-5-11-20)29-23(32)17-35-22-13-7-6-12-21(22)25(33)28-16-19-9-8-14-27-15-19/h3-15H,16-17H2,1-2H3,(H,28,33)(H,29,32). The highest BCUT2D eigenvalue weighted by molar-refractivity contribution is 8.00. The number of para-hydroxylation sites is 1. The van der Waals surface area contributed by atoms with Crippen molar-refractivity contribution in [3.05, 3.63) is 106 Å². The molecule has 0 radical (unpaired) electrons. The molecular weight excluding hydrogens is 462 g/mol. The maximum Gasteiger partial charge on any atom is 0.295 e. The van der Waals surface area contributed by atoms with Gasteiger partial charge < -0.3 is 10.6 Å². The van der Waals surface area contributed by atoms with E-state index in [9.17, 15) is 14.4 Å². The zero-order valence-corrected chi connectivity index (χ0v) is 20.2. The number of benzene rings is 2. The molecule has 0 aliphatic heterocycles. The van der Waals surface area contributed by atoms with Crippen LogP contribution in [0.25, 0.3) is 5.69 Å². The molecule has 0 bridgehead atoms. The Balaban J connectivity index is 1.43. The van der Waals surface area contributed by atoms with Crippen molar-refractivity contribution in [1.29, 1.82) is 0 Å². The topological polar surface area (TPSA) is 98.0 Å². The summed E-state index contributed by atoms with van der Waals surface area (Å²) in [5.74, 6) is -0.514. The van der Waals surface area contributed by atoms with Crippen molar-refractivity contribution in [2.24, 2.45) is 7.05 Å². The van der Waals surface area contributed by atoms with Crippen molar-refractivity contribution < 1.29 is 9.59 Å². The van der Waals surface area contributed by atoms with Crippen molar-refractivity contribution in [1.82, 2.24) is 19.7 Å². The predicted molar refractivity (Wildman–Crippen MR) is 137 cm³/mol. The number of pyridine rings is 1. The lowest BCUT2D eigenvalue weighted by molar-refractivity contribution is -0.113. The SMILES string of the molecule is Cc1c(NC(=O)CSc2ccccc2C(=O)NCc2cccnc2)c(=O)n(-c2ccccc2)n1C. The van der Waals surface area contributed by atoms with Gasteiger partial charge >= 0.3 is 0 Å². The molecule has 2 amide bonds. The highest BCUT2D eigenvalue weighted by atomic mass is 32.2. The first-order valence-corrected chi connectivity index (χ1v) is 12.0. The minimum Gasteiger partial charge on any atom is -0.348 e. The van der Waals surface area contributed by atoms with Crippen molar-refractivity contribution in [2.45, 2.75) is 18.4 Å². The summed E-state index contributed by atoms with van der Waals surface area (Å²) < 4.78 is 3.22. The molecule has 0 aliphatic rings. The zero-order chi connectivity index (χ0) is 24.8. The summed E-state index contributed by atoms with van der Waals surface area (Å²) in [6, 6.07) is 20.1. The van der Waals surface area contributed by atoms with Gasteiger partial charge in [-0.3, -0.25) is 24.0 Å². The maximum atomic E-state index is 13.0. The Kier molecular flexibility index (Phi) is 7.47. The molecule has 9 heteroatoms. The van der Waals surface area contributed by atoms with Crippen LogP contribution in [-0.2, 0) is 18.4 Å². The number of carbonyl (C=O) groups excluding carboxylic acids is 2. The highest BCUT2D eigenvalue weighted by Crippen LogP contribution is 2.23.